The van der Waals surface area contributed by atoms with Crippen molar-refractivity contribution in [1.82, 2.24) is 19.7 Å². The first-order valence-corrected chi connectivity index (χ1v) is 9.91. The second kappa shape index (κ2) is 8.12. The van der Waals surface area contributed by atoms with Crippen LogP contribution in [0.2, 0.25) is 0 Å². The zero-order valence-corrected chi connectivity index (χ0v) is 16.6. The highest BCUT2D eigenvalue weighted by Gasteiger charge is 2.25. The maximum atomic E-state index is 12.6. The van der Waals surface area contributed by atoms with Gasteiger partial charge in [0.1, 0.15) is 5.75 Å². The summed E-state index contributed by atoms with van der Waals surface area (Å²) in [4.78, 5) is 14.5. The third-order valence-electron chi connectivity index (χ3n) is 4.73. The number of benzene rings is 1. The number of thioether (sulfide) groups is 1. The van der Waals surface area contributed by atoms with Gasteiger partial charge in [0.25, 0.3) is 0 Å². The van der Waals surface area contributed by atoms with Crippen LogP contribution in [-0.2, 0) is 11.8 Å². The molecule has 2 atom stereocenters. The number of carbonyl (C=O) groups is 1. The maximum Gasteiger partial charge on any atom is 0.233 e. The predicted molar refractivity (Wildman–Crippen MR) is 103 cm³/mol. The molecule has 26 heavy (non-hydrogen) atoms. The molecule has 7 heteroatoms. The fourth-order valence-corrected chi connectivity index (χ4v) is 4.33. The van der Waals surface area contributed by atoms with Crippen LogP contribution in [0.25, 0.3) is 11.4 Å². The number of hydrogen-bond acceptors (Lipinski definition) is 5. The fraction of sp³-hybridized carbons (Fsp3) is 0.526. The van der Waals surface area contributed by atoms with Crippen molar-refractivity contribution in [2.75, 3.05) is 26.0 Å². The standard InChI is InChI=1S/C19H26N4O2S/c1-13-9-14(2)11-23(10-13)17(24)12-26-19-21-20-18(22(19)3)15-5-7-16(25-4)8-6-15/h5-8,13-14H,9-12H2,1-4H3/t13-,14-/m1/s1. The van der Waals surface area contributed by atoms with Crippen LogP contribution in [0.3, 0.4) is 0 Å². The Morgan fingerprint density at radius 1 is 1.19 bits per heavy atom. The van der Waals surface area contributed by atoms with Crippen molar-refractivity contribution >= 4 is 17.7 Å². The molecule has 1 aromatic carbocycles. The van der Waals surface area contributed by atoms with Crippen molar-refractivity contribution in [2.24, 2.45) is 18.9 Å². The van der Waals surface area contributed by atoms with Gasteiger partial charge >= 0.3 is 0 Å². The van der Waals surface area contributed by atoms with Gasteiger partial charge in [0.05, 0.1) is 12.9 Å². The number of amides is 1. The summed E-state index contributed by atoms with van der Waals surface area (Å²) < 4.78 is 7.12. The molecule has 2 heterocycles. The largest absolute Gasteiger partial charge is 0.497 e. The van der Waals surface area contributed by atoms with E-state index in [-0.39, 0.29) is 5.91 Å². The van der Waals surface area contributed by atoms with Gasteiger partial charge in [-0.05, 0) is 42.5 Å². The highest BCUT2D eigenvalue weighted by molar-refractivity contribution is 7.99. The van der Waals surface area contributed by atoms with Gasteiger partial charge < -0.3 is 14.2 Å². The SMILES string of the molecule is COc1ccc(-c2nnc(SCC(=O)N3C[C@H](C)C[C@@H](C)C3)n2C)cc1. The van der Waals surface area contributed by atoms with E-state index in [4.69, 9.17) is 4.74 Å². The van der Waals surface area contributed by atoms with E-state index in [0.717, 1.165) is 35.4 Å². The zero-order chi connectivity index (χ0) is 18.7. The third-order valence-corrected chi connectivity index (χ3v) is 5.73. The minimum atomic E-state index is 0.183. The Hall–Kier alpha value is -2.02. The quantitative estimate of drug-likeness (QED) is 0.753. The van der Waals surface area contributed by atoms with Crippen LogP contribution in [0.15, 0.2) is 29.4 Å². The van der Waals surface area contributed by atoms with Gasteiger partial charge in [-0.3, -0.25) is 4.79 Å². The van der Waals surface area contributed by atoms with E-state index in [1.54, 1.807) is 7.11 Å². The van der Waals surface area contributed by atoms with E-state index >= 15 is 0 Å². The summed E-state index contributed by atoms with van der Waals surface area (Å²) in [5, 5.41) is 9.29. The van der Waals surface area contributed by atoms with Crippen molar-refractivity contribution in [1.29, 1.82) is 0 Å². The minimum absolute atomic E-state index is 0.183. The average molecular weight is 375 g/mol. The summed E-state index contributed by atoms with van der Waals surface area (Å²) in [5.74, 6) is 3.31. The Morgan fingerprint density at radius 2 is 1.85 bits per heavy atom. The Bertz CT molecular complexity index is 749. The second-order valence-corrected chi connectivity index (χ2v) is 8.07. The van der Waals surface area contributed by atoms with E-state index in [1.807, 2.05) is 40.8 Å². The van der Waals surface area contributed by atoms with Crippen LogP contribution in [0.4, 0.5) is 0 Å². The molecule has 1 fully saturated rings. The number of rotatable bonds is 5. The van der Waals surface area contributed by atoms with E-state index in [0.29, 0.717) is 17.6 Å². The van der Waals surface area contributed by atoms with Gasteiger partial charge in [-0.25, -0.2) is 0 Å². The summed E-state index contributed by atoms with van der Waals surface area (Å²) in [6, 6.07) is 7.72. The van der Waals surface area contributed by atoms with Crippen LogP contribution < -0.4 is 4.74 Å². The molecular weight excluding hydrogens is 348 g/mol. The van der Waals surface area contributed by atoms with Gasteiger partial charge in [-0.15, -0.1) is 10.2 Å². The number of nitrogens with zero attached hydrogens (tertiary/aromatic N) is 4. The fourth-order valence-electron chi connectivity index (χ4n) is 3.52. The molecule has 6 nitrogen and oxygen atoms in total. The molecule has 0 saturated carbocycles. The van der Waals surface area contributed by atoms with Crippen molar-refractivity contribution in [3.05, 3.63) is 24.3 Å². The normalized spacial score (nSPS) is 20.2. The highest BCUT2D eigenvalue weighted by Crippen LogP contribution is 2.26. The molecule has 1 aliphatic heterocycles. The molecule has 0 radical (unpaired) electrons. The molecular formula is C19H26N4O2S. The lowest BCUT2D eigenvalue weighted by atomic mass is 9.92. The molecule has 3 rings (SSSR count). The maximum absolute atomic E-state index is 12.6. The van der Waals surface area contributed by atoms with Crippen LogP contribution in [-0.4, -0.2) is 51.5 Å². The first-order chi connectivity index (χ1) is 12.5. The zero-order valence-electron chi connectivity index (χ0n) is 15.8. The number of likely N-dealkylation sites (tertiary alicyclic amines) is 1. The number of methoxy groups -OCH3 is 1. The van der Waals surface area contributed by atoms with Crippen molar-refractivity contribution in [3.63, 3.8) is 0 Å². The Labute approximate surface area is 158 Å². The molecule has 0 unspecified atom stereocenters. The van der Waals surface area contributed by atoms with Gasteiger partial charge in [0, 0.05) is 25.7 Å². The number of aromatic nitrogens is 3. The molecule has 1 saturated heterocycles. The summed E-state index contributed by atoms with van der Waals surface area (Å²) in [6.07, 6.45) is 1.20. The Balaban J connectivity index is 1.63. The third kappa shape index (κ3) is 4.20. The lowest BCUT2D eigenvalue weighted by Crippen LogP contribution is -2.43. The molecule has 1 amide bonds. The van der Waals surface area contributed by atoms with Gasteiger partial charge in [0.15, 0.2) is 11.0 Å². The summed E-state index contributed by atoms with van der Waals surface area (Å²) >= 11 is 1.45. The van der Waals surface area contributed by atoms with E-state index < -0.39 is 0 Å². The molecule has 0 bridgehead atoms. The monoisotopic (exact) mass is 374 g/mol. The lowest BCUT2D eigenvalue weighted by Gasteiger charge is -2.34. The molecule has 1 aromatic heterocycles. The van der Waals surface area contributed by atoms with Crippen LogP contribution in [0.1, 0.15) is 20.3 Å². The molecule has 0 spiro atoms. The summed E-state index contributed by atoms with van der Waals surface area (Å²) in [6.45, 7) is 6.15. The highest BCUT2D eigenvalue weighted by atomic mass is 32.2. The van der Waals surface area contributed by atoms with Crippen molar-refractivity contribution < 1.29 is 9.53 Å². The number of piperidine rings is 1. The molecule has 0 aliphatic carbocycles. The average Bonchev–Trinajstić information content (AvgIpc) is 2.99. The van der Waals surface area contributed by atoms with Crippen LogP contribution >= 0.6 is 11.8 Å². The van der Waals surface area contributed by atoms with Crippen molar-refractivity contribution in [2.45, 2.75) is 25.4 Å². The summed E-state index contributed by atoms with van der Waals surface area (Å²) in [7, 11) is 3.57. The van der Waals surface area contributed by atoms with Gasteiger partial charge in [-0.1, -0.05) is 25.6 Å². The minimum Gasteiger partial charge on any atom is -0.497 e. The smallest absolute Gasteiger partial charge is 0.233 e. The molecule has 140 valence electrons. The van der Waals surface area contributed by atoms with Crippen LogP contribution in [0, 0.1) is 11.8 Å². The van der Waals surface area contributed by atoms with E-state index in [2.05, 4.69) is 24.0 Å². The molecule has 2 aromatic rings. The Kier molecular flexibility index (Phi) is 5.86. The first kappa shape index (κ1) is 18.8. The first-order valence-electron chi connectivity index (χ1n) is 8.92. The number of carbonyl (C=O) groups excluding carboxylic acids is 1. The molecule has 1 aliphatic rings. The van der Waals surface area contributed by atoms with Crippen molar-refractivity contribution in [3.8, 4) is 17.1 Å². The topological polar surface area (TPSA) is 60.3 Å². The predicted octanol–water partition coefficient (Wildman–Crippen LogP) is 3.09. The summed E-state index contributed by atoms with van der Waals surface area (Å²) in [5.41, 5.74) is 0.970. The lowest BCUT2D eigenvalue weighted by molar-refractivity contribution is -0.130. The van der Waals surface area contributed by atoms with Gasteiger partial charge in [-0.2, -0.15) is 0 Å². The molecule has 0 N–H and O–H groups in total. The van der Waals surface area contributed by atoms with E-state index in [1.165, 1.54) is 18.2 Å². The number of hydrogen-bond donors (Lipinski definition) is 0. The second-order valence-electron chi connectivity index (χ2n) is 7.13. The van der Waals surface area contributed by atoms with E-state index in [9.17, 15) is 4.79 Å². The number of ether oxygens (including phenoxy) is 1. The van der Waals surface area contributed by atoms with Crippen LogP contribution in [0.5, 0.6) is 5.75 Å². The van der Waals surface area contributed by atoms with Gasteiger partial charge in [0.2, 0.25) is 5.91 Å². The Morgan fingerprint density at radius 3 is 2.46 bits per heavy atom.